The highest BCUT2D eigenvalue weighted by atomic mass is 79.9. The lowest BCUT2D eigenvalue weighted by Crippen LogP contribution is -2.39. The van der Waals surface area contributed by atoms with Crippen LogP contribution in [0.4, 0.5) is 5.69 Å². The molecule has 0 aliphatic carbocycles. The minimum Gasteiger partial charge on any atom is -0.497 e. The van der Waals surface area contributed by atoms with Crippen LogP contribution in [0.25, 0.3) is 0 Å². The number of hydrogen-bond acceptors (Lipinski definition) is 7. The standard InChI is InChI=1S/C24H24BrN3O6S/c1-32-20-9-7-19(8-10-20)28(16-24(29)27-26-15-17-5-4-6-18(25)13-17)35(30,31)21-11-12-22(33-2)23(14-21)34-3/h4-15H,16H2,1-3H3,(H,27,29)/b26-15-. The number of hydrazone groups is 1. The van der Waals surface area contributed by atoms with E-state index in [1.165, 1.54) is 45.7 Å². The van der Waals surface area contributed by atoms with Gasteiger partial charge in [-0.25, -0.2) is 13.8 Å². The van der Waals surface area contributed by atoms with E-state index in [9.17, 15) is 13.2 Å². The van der Waals surface area contributed by atoms with Crippen LogP contribution in [0, 0.1) is 0 Å². The van der Waals surface area contributed by atoms with Gasteiger partial charge in [0, 0.05) is 10.5 Å². The maximum Gasteiger partial charge on any atom is 0.264 e. The molecule has 0 spiro atoms. The lowest BCUT2D eigenvalue weighted by Gasteiger charge is -2.24. The Morgan fingerprint density at radius 2 is 1.69 bits per heavy atom. The van der Waals surface area contributed by atoms with Crippen molar-refractivity contribution < 1.29 is 27.4 Å². The Labute approximate surface area is 212 Å². The van der Waals surface area contributed by atoms with Gasteiger partial charge in [-0.05, 0) is 54.1 Å². The summed E-state index contributed by atoms with van der Waals surface area (Å²) in [4.78, 5) is 12.6. The quantitative estimate of drug-likeness (QED) is 0.298. The average Bonchev–Trinajstić information content (AvgIpc) is 2.87. The first-order valence-electron chi connectivity index (χ1n) is 10.2. The Balaban J connectivity index is 1.90. The summed E-state index contributed by atoms with van der Waals surface area (Å²) in [5, 5.41) is 3.94. The van der Waals surface area contributed by atoms with Crippen molar-refractivity contribution in [2.45, 2.75) is 4.90 Å². The van der Waals surface area contributed by atoms with Crippen molar-refractivity contribution in [1.29, 1.82) is 0 Å². The molecule has 0 aliphatic heterocycles. The molecule has 0 bridgehead atoms. The number of ether oxygens (including phenoxy) is 3. The van der Waals surface area contributed by atoms with E-state index < -0.39 is 22.5 Å². The van der Waals surface area contributed by atoms with Crippen molar-refractivity contribution in [3.63, 3.8) is 0 Å². The van der Waals surface area contributed by atoms with E-state index in [-0.39, 0.29) is 16.3 Å². The number of sulfonamides is 1. The molecule has 3 aromatic carbocycles. The maximum absolute atomic E-state index is 13.6. The smallest absolute Gasteiger partial charge is 0.264 e. The predicted molar refractivity (Wildman–Crippen MR) is 137 cm³/mol. The molecule has 9 nitrogen and oxygen atoms in total. The number of halogens is 1. The van der Waals surface area contributed by atoms with Crippen molar-refractivity contribution in [3.8, 4) is 17.2 Å². The maximum atomic E-state index is 13.6. The number of rotatable bonds is 10. The Morgan fingerprint density at radius 3 is 2.31 bits per heavy atom. The SMILES string of the molecule is COc1ccc(N(CC(=O)N/N=C\c2cccc(Br)c2)S(=O)(=O)c2ccc(OC)c(OC)c2)cc1. The molecule has 3 rings (SSSR count). The Morgan fingerprint density at radius 1 is 0.971 bits per heavy atom. The second-order valence-corrected chi connectivity index (χ2v) is 9.85. The van der Waals surface area contributed by atoms with Crippen LogP contribution in [0.1, 0.15) is 5.56 Å². The molecule has 35 heavy (non-hydrogen) atoms. The molecule has 0 saturated heterocycles. The molecule has 0 saturated carbocycles. The molecule has 0 aromatic heterocycles. The highest BCUT2D eigenvalue weighted by molar-refractivity contribution is 9.10. The van der Waals surface area contributed by atoms with E-state index in [0.29, 0.717) is 11.5 Å². The van der Waals surface area contributed by atoms with E-state index in [2.05, 4.69) is 26.5 Å². The molecule has 0 aliphatic rings. The summed E-state index contributed by atoms with van der Waals surface area (Å²) in [5.41, 5.74) is 3.40. The number of carbonyl (C=O) groups is 1. The van der Waals surface area contributed by atoms with Crippen molar-refractivity contribution in [2.24, 2.45) is 5.10 Å². The zero-order valence-electron chi connectivity index (χ0n) is 19.3. The van der Waals surface area contributed by atoms with Gasteiger partial charge in [-0.15, -0.1) is 0 Å². The largest absolute Gasteiger partial charge is 0.497 e. The minimum absolute atomic E-state index is 0.0728. The van der Waals surface area contributed by atoms with E-state index >= 15 is 0 Å². The van der Waals surface area contributed by atoms with E-state index in [4.69, 9.17) is 14.2 Å². The first kappa shape index (κ1) is 26.0. The zero-order chi connectivity index (χ0) is 25.4. The number of benzene rings is 3. The topological polar surface area (TPSA) is 107 Å². The van der Waals surface area contributed by atoms with Gasteiger partial charge >= 0.3 is 0 Å². The summed E-state index contributed by atoms with van der Waals surface area (Å²) in [6.45, 7) is -0.515. The number of amides is 1. The Kier molecular flexibility index (Phi) is 8.72. The number of hydrogen-bond donors (Lipinski definition) is 1. The van der Waals surface area contributed by atoms with Crippen LogP contribution in [0.3, 0.4) is 0 Å². The molecule has 0 heterocycles. The summed E-state index contributed by atoms with van der Waals surface area (Å²) in [7, 11) is 0.195. The van der Waals surface area contributed by atoms with Crippen molar-refractivity contribution in [3.05, 3.63) is 76.8 Å². The van der Waals surface area contributed by atoms with Gasteiger partial charge in [-0.3, -0.25) is 9.10 Å². The van der Waals surface area contributed by atoms with Gasteiger partial charge < -0.3 is 14.2 Å². The molecule has 3 aromatic rings. The van der Waals surface area contributed by atoms with Gasteiger partial charge in [-0.2, -0.15) is 5.10 Å². The summed E-state index contributed by atoms with van der Waals surface area (Å²) in [6, 6.07) is 17.9. The highest BCUT2D eigenvalue weighted by Gasteiger charge is 2.28. The van der Waals surface area contributed by atoms with Crippen molar-refractivity contribution in [2.75, 3.05) is 32.2 Å². The fraction of sp³-hybridized carbons (Fsp3) is 0.167. The number of nitrogens with one attached hydrogen (secondary N) is 1. The zero-order valence-corrected chi connectivity index (χ0v) is 21.7. The molecule has 11 heteroatoms. The first-order valence-corrected chi connectivity index (χ1v) is 12.5. The van der Waals surface area contributed by atoms with E-state index in [0.717, 1.165) is 14.3 Å². The fourth-order valence-electron chi connectivity index (χ4n) is 3.10. The van der Waals surface area contributed by atoms with Crippen LogP contribution in [0.2, 0.25) is 0 Å². The third kappa shape index (κ3) is 6.52. The van der Waals surface area contributed by atoms with Crippen LogP contribution in [-0.2, 0) is 14.8 Å². The van der Waals surface area contributed by atoms with E-state index in [1.54, 1.807) is 24.3 Å². The van der Waals surface area contributed by atoms with Crippen LogP contribution in [0.5, 0.6) is 17.2 Å². The van der Waals surface area contributed by atoms with Gasteiger partial charge in [0.15, 0.2) is 11.5 Å². The van der Waals surface area contributed by atoms with Crippen molar-refractivity contribution in [1.82, 2.24) is 5.43 Å². The summed E-state index contributed by atoms with van der Waals surface area (Å²) in [6.07, 6.45) is 1.46. The van der Waals surface area contributed by atoms with E-state index in [1.807, 2.05) is 24.3 Å². The Bertz CT molecular complexity index is 1310. The molecule has 0 fully saturated rings. The molecule has 1 N–H and O–H groups in total. The monoisotopic (exact) mass is 561 g/mol. The molecule has 0 radical (unpaired) electrons. The first-order chi connectivity index (χ1) is 16.8. The summed E-state index contributed by atoms with van der Waals surface area (Å²) >= 11 is 3.37. The second kappa shape index (κ2) is 11.7. The second-order valence-electron chi connectivity index (χ2n) is 7.07. The summed E-state index contributed by atoms with van der Waals surface area (Å²) in [5.74, 6) is 0.532. The lowest BCUT2D eigenvalue weighted by molar-refractivity contribution is -0.119. The number of nitrogens with zero attached hydrogens (tertiary/aromatic N) is 2. The number of methoxy groups -OCH3 is 3. The number of anilines is 1. The summed E-state index contributed by atoms with van der Waals surface area (Å²) < 4.78 is 44.6. The van der Waals surface area contributed by atoms with Crippen LogP contribution in [-0.4, -0.2) is 48.4 Å². The fourth-order valence-corrected chi connectivity index (χ4v) is 4.95. The van der Waals surface area contributed by atoms with Gasteiger partial charge in [0.05, 0.1) is 38.1 Å². The molecule has 184 valence electrons. The molecular formula is C24H24BrN3O6S. The normalized spacial score (nSPS) is 11.2. The van der Waals surface area contributed by atoms with Gasteiger partial charge in [0.1, 0.15) is 12.3 Å². The molecular weight excluding hydrogens is 538 g/mol. The van der Waals surface area contributed by atoms with Gasteiger partial charge in [0.2, 0.25) is 0 Å². The number of carbonyl (C=O) groups excluding carboxylic acids is 1. The lowest BCUT2D eigenvalue weighted by atomic mass is 10.2. The van der Waals surface area contributed by atoms with Crippen LogP contribution in [0.15, 0.2) is 81.2 Å². The average molecular weight is 562 g/mol. The third-order valence-electron chi connectivity index (χ3n) is 4.84. The predicted octanol–water partition coefficient (Wildman–Crippen LogP) is 3.82. The molecule has 1 amide bonds. The molecule has 0 unspecified atom stereocenters. The van der Waals surface area contributed by atoms with Crippen LogP contribution < -0.4 is 23.9 Å². The van der Waals surface area contributed by atoms with Gasteiger partial charge in [0.25, 0.3) is 15.9 Å². The highest BCUT2D eigenvalue weighted by Crippen LogP contribution is 2.32. The molecule has 0 atom stereocenters. The van der Waals surface area contributed by atoms with Gasteiger partial charge in [-0.1, -0.05) is 28.1 Å². The third-order valence-corrected chi connectivity index (χ3v) is 7.11. The van der Waals surface area contributed by atoms with Crippen molar-refractivity contribution >= 4 is 43.8 Å². The van der Waals surface area contributed by atoms with Crippen LogP contribution >= 0.6 is 15.9 Å². The Hall–Kier alpha value is -3.57. The minimum atomic E-state index is -4.17.